The van der Waals surface area contributed by atoms with Gasteiger partial charge in [-0.3, -0.25) is 4.99 Å². The molecule has 0 radical (unpaired) electrons. The molecule has 0 aromatic heterocycles. The quantitative estimate of drug-likeness (QED) is 0.547. The second-order valence-electron chi connectivity index (χ2n) is 1.57. The van der Waals surface area contributed by atoms with Gasteiger partial charge >= 0.3 is 0 Å². The van der Waals surface area contributed by atoms with Crippen molar-refractivity contribution in [3.8, 4) is 0 Å². The molecule has 1 aliphatic heterocycles. The Bertz CT molecular complexity index is 115. The normalized spacial score (nSPS) is 28.1. The van der Waals surface area contributed by atoms with Crippen LogP contribution in [0.4, 0.5) is 0 Å². The van der Waals surface area contributed by atoms with Crippen LogP contribution in [0, 0.1) is 0 Å². The Kier molecular flexibility index (Phi) is 2.43. The molecular formula is C4H7IN2S. The van der Waals surface area contributed by atoms with Gasteiger partial charge in [0.25, 0.3) is 0 Å². The first-order chi connectivity index (χ1) is 3.83. The summed E-state index contributed by atoms with van der Waals surface area (Å²) in [5, 5.41) is 1.40. The van der Waals surface area contributed by atoms with Crippen LogP contribution in [0.2, 0.25) is 0 Å². The fraction of sp³-hybridized carbons (Fsp3) is 0.750. The third-order valence-corrected chi connectivity index (χ3v) is 3.59. The average molecular weight is 242 g/mol. The average Bonchev–Trinajstić information content (AvgIpc) is 2.14. The Hall–Kier alpha value is 0.550. The molecule has 0 unspecified atom stereocenters. The van der Waals surface area contributed by atoms with Crippen molar-refractivity contribution in [1.82, 2.24) is 0 Å². The molecule has 1 aliphatic rings. The molecule has 1 atom stereocenters. The van der Waals surface area contributed by atoms with Gasteiger partial charge < -0.3 is 5.73 Å². The number of nitrogens with zero attached hydrogens (tertiary/aromatic N) is 1. The molecule has 0 bridgehead atoms. The van der Waals surface area contributed by atoms with E-state index in [-0.39, 0.29) is 0 Å². The number of amidine groups is 1. The fourth-order valence-corrected chi connectivity index (χ4v) is 2.04. The summed E-state index contributed by atoms with van der Waals surface area (Å²) in [7, 11) is 0. The highest BCUT2D eigenvalue weighted by atomic mass is 127. The monoisotopic (exact) mass is 242 g/mol. The smallest absolute Gasteiger partial charge is 0.154 e. The van der Waals surface area contributed by atoms with Gasteiger partial charge in [0.2, 0.25) is 0 Å². The highest BCUT2D eigenvalue weighted by Gasteiger charge is 2.14. The number of hydrogen-bond donors (Lipinski definition) is 1. The summed E-state index contributed by atoms with van der Waals surface area (Å²) in [4.78, 5) is 4.04. The van der Waals surface area contributed by atoms with E-state index in [9.17, 15) is 0 Å². The zero-order chi connectivity index (χ0) is 5.98. The molecule has 0 aromatic carbocycles. The van der Waals surface area contributed by atoms with Gasteiger partial charge in [0.1, 0.15) is 0 Å². The molecule has 0 spiro atoms. The molecule has 2 N–H and O–H groups in total. The molecule has 46 valence electrons. The van der Waals surface area contributed by atoms with Crippen LogP contribution >= 0.6 is 34.4 Å². The molecular weight excluding hydrogens is 235 g/mol. The topological polar surface area (TPSA) is 38.4 Å². The van der Waals surface area contributed by atoms with Crippen molar-refractivity contribution in [2.75, 3.05) is 11.0 Å². The van der Waals surface area contributed by atoms with Crippen molar-refractivity contribution in [3.05, 3.63) is 0 Å². The Morgan fingerprint density at radius 3 is 3.00 bits per heavy atom. The van der Waals surface area contributed by atoms with E-state index in [0.717, 1.165) is 16.1 Å². The lowest BCUT2D eigenvalue weighted by Crippen LogP contribution is -2.06. The van der Waals surface area contributed by atoms with Crippen LogP contribution in [0.3, 0.4) is 0 Å². The Morgan fingerprint density at radius 1 is 2.00 bits per heavy atom. The zero-order valence-corrected chi connectivity index (χ0v) is 7.28. The Morgan fingerprint density at radius 2 is 2.75 bits per heavy atom. The summed E-state index contributed by atoms with van der Waals surface area (Å²) in [6.45, 7) is 0.916. The molecule has 4 heteroatoms. The maximum atomic E-state index is 5.41. The molecule has 2 nitrogen and oxygen atoms in total. The standard InChI is InChI=1S/C4H7IN2S/c5-1-3-2-7-4(6)8-3/h3H,1-2H2,(H2,6,7)/t3-/m0/s1. The highest BCUT2D eigenvalue weighted by molar-refractivity contribution is 14.1. The summed E-state index contributed by atoms with van der Waals surface area (Å²) in [5.41, 5.74) is 5.41. The lowest BCUT2D eigenvalue weighted by molar-refractivity contribution is 0.998. The SMILES string of the molecule is NC1=NC[C@H](CI)S1. The molecule has 1 heterocycles. The predicted octanol–water partition coefficient (Wildman–Crippen LogP) is 0.852. The molecule has 0 aromatic rings. The summed E-state index contributed by atoms with van der Waals surface area (Å²) in [5.74, 6) is 0. The number of nitrogens with two attached hydrogens (primary N) is 1. The Balaban J connectivity index is 2.32. The summed E-state index contributed by atoms with van der Waals surface area (Å²) in [6.07, 6.45) is 0. The third-order valence-electron chi connectivity index (χ3n) is 0.910. The van der Waals surface area contributed by atoms with Crippen molar-refractivity contribution in [2.24, 2.45) is 10.7 Å². The number of hydrogen-bond acceptors (Lipinski definition) is 3. The van der Waals surface area contributed by atoms with Crippen LogP contribution in [0.15, 0.2) is 4.99 Å². The van der Waals surface area contributed by atoms with Gasteiger partial charge in [-0.05, 0) is 0 Å². The second-order valence-corrected chi connectivity index (χ2v) is 3.77. The second kappa shape index (κ2) is 2.91. The first kappa shape index (κ1) is 6.67. The maximum absolute atomic E-state index is 5.41. The number of halogens is 1. The first-order valence-electron chi connectivity index (χ1n) is 2.35. The summed E-state index contributed by atoms with van der Waals surface area (Å²) < 4.78 is 1.15. The van der Waals surface area contributed by atoms with E-state index in [4.69, 9.17) is 5.73 Å². The van der Waals surface area contributed by atoms with Crippen LogP contribution in [-0.2, 0) is 0 Å². The van der Waals surface area contributed by atoms with E-state index in [2.05, 4.69) is 27.6 Å². The minimum Gasteiger partial charge on any atom is -0.379 e. The van der Waals surface area contributed by atoms with Gasteiger partial charge in [0, 0.05) is 9.68 Å². The zero-order valence-electron chi connectivity index (χ0n) is 4.30. The van der Waals surface area contributed by atoms with Gasteiger partial charge in [-0.2, -0.15) is 0 Å². The molecule has 1 rings (SSSR count). The van der Waals surface area contributed by atoms with Gasteiger partial charge in [0.05, 0.1) is 6.54 Å². The van der Waals surface area contributed by atoms with E-state index >= 15 is 0 Å². The largest absolute Gasteiger partial charge is 0.379 e. The van der Waals surface area contributed by atoms with Crippen LogP contribution in [0.1, 0.15) is 0 Å². The van der Waals surface area contributed by atoms with E-state index in [1.54, 1.807) is 11.8 Å². The molecule has 0 fully saturated rings. The minimum absolute atomic E-state index is 0.649. The maximum Gasteiger partial charge on any atom is 0.154 e. The van der Waals surface area contributed by atoms with Gasteiger partial charge in [-0.15, -0.1) is 0 Å². The minimum atomic E-state index is 0.649. The lowest BCUT2D eigenvalue weighted by atomic mass is 10.5. The van der Waals surface area contributed by atoms with Crippen LogP contribution < -0.4 is 5.73 Å². The van der Waals surface area contributed by atoms with E-state index in [1.807, 2.05) is 0 Å². The highest BCUT2D eigenvalue weighted by Crippen LogP contribution is 2.19. The van der Waals surface area contributed by atoms with Crippen LogP contribution in [0.25, 0.3) is 0 Å². The molecule has 0 amide bonds. The van der Waals surface area contributed by atoms with Crippen molar-refractivity contribution in [3.63, 3.8) is 0 Å². The predicted molar refractivity (Wildman–Crippen MR) is 46.8 cm³/mol. The number of thioether (sulfide) groups is 1. The summed E-state index contributed by atoms with van der Waals surface area (Å²) in [6, 6.07) is 0. The van der Waals surface area contributed by atoms with E-state index < -0.39 is 0 Å². The van der Waals surface area contributed by atoms with Crippen LogP contribution in [-0.4, -0.2) is 21.4 Å². The summed E-state index contributed by atoms with van der Waals surface area (Å²) >= 11 is 4.04. The molecule has 0 aliphatic carbocycles. The fourth-order valence-electron chi connectivity index (χ4n) is 0.517. The van der Waals surface area contributed by atoms with Crippen molar-refractivity contribution in [2.45, 2.75) is 5.25 Å². The molecule has 8 heavy (non-hydrogen) atoms. The number of rotatable bonds is 1. The van der Waals surface area contributed by atoms with E-state index in [0.29, 0.717) is 5.25 Å². The lowest BCUT2D eigenvalue weighted by Gasteiger charge is -1.97. The number of aliphatic imine (C=N–C) groups is 1. The van der Waals surface area contributed by atoms with Gasteiger partial charge in [0.15, 0.2) is 5.17 Å². The van der Waals surface area contributed by atoms with Gasteiger partial charge in [-0.1, -0.05) is 34.4 Å². The van der Waals surface area contributed by atoms with Crippen molar-refractivity contribution >= 4 is 39.5 Å². The van der Waals surface area contributed by atoms with Crippen LogP contribution in [0.5, 0.6) is 0 Å². The Labute approximate surface area is 66.4 Å². The third kappa shape index (κ3) is 1.51. The molecule has 0 saturated heterocycles. The molecule has 0 saturated carbocycles. The van der Waals surface area contributed by atoms with Crippen molar-refractivity contribution in [1.29, 1.82) is 0 Å². The van der Waals surface area contributed by atoms with E-state index in [1.165, 1.54) is 0 Å². The first-order valence-corrected chi connectivity index (χ1v) is 4.76. The number of alkyl halides is 1. The van der Waals surface area contributed by atoms with Crippen molar-refractivity contribution < 1.29 is 0 Å². The van der Waals surface area contributed by atoms with Gasteiger partial charge in [-0.25, -0.2) is 0 Å².